The topological polar surface area (TPSA) is 73.0 Å². The van der Waals surface area contributed by atoms with Gasteiger partial charge in [0.1, 0.15) is 0 Å². The second kappa shape index (κ2) is 6.49. The third kappa shape index (κ3) is 3.88. The van der Waals surface area contributed by atoms with Gasteiger partial charge in [-0.25, -0.2) is 4.98 Å². The van der Waals surface area contributed by atoms with Gasteiger partial charge in [-0.1, -0.05) is 26.0 Å². The van der Waals surface area contributed by atoms with Gasteiger partial charge in [-0.2, -0.15) is 0 Å². The average molecular weight is 288 g/mol. The molecule has 0 aliphatic rings. The van der Waals surface area contributed by atoms with Crippen LogP contribution < -0.4 is 5.32 Å². The Hall–Kier alpha value is -2.21. The first kappa shape index (κ1) is 15.2. The van der Waals surface area contributed by atoms with Gasteiger partial charge in [0.2, 0.25) is 0 Å². The van der Waals surface area contributed by atoms with Crippen LogP contribution in [0.25, 0.3) is 0 Å². The molecule has 1 aromatic carbocycles. The highest BCUT2D eigenvalue weighted by atomic mass is 16.6. The van der Waals surface area contributed by atoms with E-state index in [1.165, 1.54) is 6.07 Å². The molecule has 0 saturated heterocycles. The van der Waals surface area contributed by atoms with E-state index in [0.717, 1.165) is 17.8 Å². The second-order valence-electron chi connectivity index (χ2n) is 5.39. The number of aromatic nitrogens is 2. The zero-order valence-electron chi connectivity index (χ0n) is 12.5. The Morgan fingerprint density at radius 1 is 1.43 bits per heavy atom. The summed E-state index contributed by atoms with van der Waals surface area (Å²) >= 11 is 0. The molecule has 2 rings (SSSR count). The predicted molar refractivity (Wildman–Crippen MR) is 81.1 cm³/mol. The van der Waals surface area contributed by atoms with Crippen molar-refractivity contribution < 1.29 is 4.92 Å². The van der Waals surface area contributed by atoms with Crippen LogP contribution in [-0.2, 0) is 13.1 Å². The molecule has 112 valence electrons. The Morgan fingerprint density at radius 3 is 2.86 bits per heavy atom. The normalized spacial score (nSPS) is 11.0. The molecule has 6 nitrogen and oxygen atoms in total. The summed E-state index contributed by atoms with van der Waals surface area (Å²) in [4.78, 5) is 15.0. The minimum atomic E-state index is -0.343. The number of nitro benzene ring substituents is 1. The lowest BCUT2D eigenvalue weighted by atomic mass is 10.1. The molecule has 0 amide bonds. The van der Waals surface area contributed by atoms with E-state index in [1.807, 2.05) is 16.8 Å². The van der Waals surface area contributed by atoms with Gasteiger partial charge in [-0.3, -0.25) is 10.1 Å². The van der Waals surface area contributed by atoms with E-state index in [1.54, 1.807) is 19.3 Å². The first-order valence-electron chi connectivity index (χ1n) is 6.94. The summed E-state index contributed by atoms with van der Waals surface area (Å²) in [6.07, 6.45) is 3.73. The predicted octanol–water partition coefficient (Wildman–Crippen LogP) is 2.65. The molecule has 0 atom stereocenters. The van der Waals surface area contributed by atoms with E-state index < -0.39 is 0 Å². The van der Waals surface area contributed by atoms with E-state index >= 15 is 0 Å². The van der Waals surface area contributed by atoms with Gasteiger partial charge in [-0.15, -0.1) is 0 Å². The lowest BCUT2D eigenvalue weighted by Gasteiger charge is -2.07. The van der Waals surface area contributed by atoms with Gasteiger partial charge >= 0.3 is 0 Å². The molecule has 21 heavy (non-hydrogen) atoms. The average Bonchev–Trinajstić information content (AvgIpc) is 2.86. The number of hydrogen-bond acceptors (Lipinski definition) is 4. The van der Waals surface area contributed by atoms with Gasteiger partial charge < -0.3 is 9.88 Å². The van der Waals surface area contributed by atoms with Crippen molar-refractivity contribution in [2.45, 2.75) is 39.9 Å². The molecule has 0 spiro atoms. The third-order valence-corrected chi connectivity index (χ3v) is 3.35. The molecule has 0 fully saturated rings. The van der Waals surface area contributed by atoms with Gasteiger partial charge in [-0.05, 0) is 12.5 Å². The molecular weight excluding hydrogens is 268 g/mol. The summed E-state index contributed by atoms with van der Waals surface area (Å²) in [6.45, 7) is 7.26. The molecule has 1 aromatic heterocycles. The quantitative estimate of drug-likeness (QED) is 0.655. The minimum absolute atomic E-state index is 0.161. The lowest BCUT2D eigenvalue weighted by molar-refractivity contribution is -0.385. The summed E-state index contributed by atoms with van der Waals surface area (Å²) in [7, 11) is 0. The van der Waals surface area contributed by atoms with Crippen molar-refractivity contribution in [1.29, 1.82) is 0 Å². The molecule has 0 aliphatic carbocycles. The molecule has 6 heteroatoms. The van der Waals surface area contributed by atoms with E-state index in [-0.39, 0.29) is 10.6 Å². The summed E-state index contributed by atoms with van der Waals surface area (Å²) in [5.41, 5.74) is 2.77. The van der Waals surface area contributed by atoms with Crippen molar-refractivity contribution in [2.75, 3.05) is 0 Å². The Bertz CT molecular complexity index is 634. The van der Waals surface area contributed by atoms with Crippen molar-refractivity contribution in [3.8, 4) is 0 Å². The highest BCUT2D eigenvalue weighted by Crippen LogP contribution is 2.21. The van der Waals surface area contributed by atoms with Crippen molar-refractivity contribution >= 4 is 5.69 Å². The number of hydrogen-bond donors (Lipinski definition) is 1. The highest BCUT2D eigenvalue weighted by molar-refractivity contribution is 5.44. The first-order valence-corrected chi connectivity index (χ1v) is 6.94. The van der Waals surface area contributed by atoms with Crippen molar-refractivity contribution in [2.24, 2.45) is 0 Å². The van der Waals surface area contributed by atoms with E-state index in [2.05, 4.69) is 24.1 Å². The minimum Gasteiger partial charge on any atom is -0.333 e. The zero-order chi connectivity index (χ0) is 15.4. The third-order valence-electron chi connectivity index (χ3n) is 3.35. The fourth-order valence-corrected chi connectivity index (χ4v) is 2.13. The van der Waals surface area contributed by atoms with Crippen molar-refractivity contribution in [3.63, 3.8) is 0 Å². The highest BCUT2D eigenvalue weighted by Gasteiger charge is 2.13. The van der Waals surface area contributed by atoms with Crippen molar-refractivity contribution in [3.05, 3.63) is 57.7 Å². The smallest absolute Gasteiger partial charge is 0.272 e. The Morgan fingerprint density at radius 2 is 2.19 bits per heavy atom. The molecular formula is C15H20N4O2. The van der Waals surface area contributed by atoms with Crippen LogP contribution in [0.15, 0.2) is 30.7 Å². The van der Waals surface area contributed by atoms with Gasteiger partial charge in [0.25, 0.3) is 5.69 Å². The number of imidazole rings is 1. The van der Waals surface area contributed by atoms with E-state index in [9.17, 15) is 10.1 Å². The van der Waals surface area contributed by atoms with Gasteiger partial charge in [0.15, 0.2) is 0 Å². The summed E-state index contributed by atoms with van der Waals surface area (Å²) in [5, 5.41) is 14.3. The maximum absolute atomic E-state index is 11.0. The summed E-state index contributed by atoms with van der Waals surface area (Å²) in [5.74, 6) is 0. The van der Waals surface area contributed by atoms with Crippen LogP contribution in [0, 0.1) is 17.0 Å². The Kier molecular flexibility index (Phi) is 4.70. The molecule has 2 aromatic rings. The molecule has 1 N–H and O–H groups in total. The van der Waals surface area contributed by atoms with Gasteiger partial charge in [0, 0.05) is 37.0 Å². The number of benzene rings is 1. The molecule has 0 radical (unpaired) electrons. The van der Waals surface area contributed by atoms with Crippen molar-refractivity contribution in [1.82, 2.24) is 14.9 Å². The maximum atomic E-state index is 11.0. The number of nitrogens with one attached hydrogen (secondary N) is 1. The van der Waals surface area contributed by atoms with Crippen LogP contribution in [-0.4, -0.2) is 20.5 Å². The van der Waals surface area contributed by atoms with Crippen LogP contribution in [0.1, 0.15) is 30.7 Å². The standard InChI is InChI=1S/C15H20N4O2/c1-11(2)16-7-14-9-18(10-17-14)8-13-5-4-6-15(12(13)3)19(20)21/h4-6,9-11,16H,7-8H2,1-3H3. The second-order valence-corrected chi connectivity index (χ2v) is 5.39. The molecule has 0 bridgehead atoms. The van der Waals surface area contributed by atoms with Crippen LogP contribution in [0.2, 0.25) is 0 Å². The van der Waals surface area contributed by atoms with E-state index in [0.29, 0.717) is 18.2 Å². The fraction of sp³-hybridized carbons (Fsp3) is 0.400. The lowest BCUT2D eigenvalue weighted by Crippen LogP contribution is -2.21. The zero-order valence-corrected chi connectivity index (χ0v) is 12.5. The molecule has 1 heterocycles. The SMILES string of the molecule is Cc1c(Cn2cnc(CNC(C)C)c2)cccc1[N+](=O)[O-]. The van der Waals surface area contributed by atoms with Crippen LogP contribution in [0.5, 0.6) is 0 Å². The van der Waals surface area contributed by atoms with Gasteiger partial charge in [0.05, 0.1) is 16.9 Å². The Labute approximate surface area is 124 Å². The number of nitrogens with zero attached hydrogens (tertiary/aromatic N) is 3. The van der Waals surface area contributed by atoms with Crippen LogP contribution in [0.3, 0.4) is 0 Å². The number of rotatable bonds is 6. The monoisotopic (exact) mass is 288 g/mol. The fourth-order valence-electron chi connectivity index (χ4n) is 2.13. The Balaban J connectivity index is 2.12. The molecule has 0 saturated carbocycles. The summed E-state index contributed by atoms with van der Waals surface area (Å²) < 4.78 is 1.95. The molecule has 0 aliphatic heterocycles. The van der Waals surface area contributed by atoms with E-state index in [4.69, 9.17) is 0 Å². The molecule has 0 unspecified atom stereocenters. The van der Waals surface area contributed by atoms with Crippen LogP contribution in [0.4, 0.5) is 5.69 Å². The largest absolute Gasteiger partial charge is 0.333 e. The maximum Gasteiger partial charge on any atom is 0.272 e. The van der Waals surface area contributed by atoms with Crippen LogP contribution >= 0.6 is 0 Å². The summed E-state index contributed by atoms with van der Waals surface area (Å²) in [6, 6.07) is 5.58. The first-order chi connectivity index (χ1) is 9.97. The number of nitro groups is 1.